The Morgan fingerprint density at radius 3 is 2.47 bits per heavy atom. The molecule has 0 spiro atoms. The van der Waals surface area contributed by atoms with E-state index in [1.165, 1.54) is 0 Å². The molecule has 0 aliphatic rings. The lowest BCUT2D eigenvalue weighted by molar-refractivity contribution is -0.123. The lowest BCUT2D eigenvalue weighted by Crippen LogP contribution is -2.34. The highest BCUT2D eigenvalue weighted by Gasteiger charge is 2.14. The van der Waals surface area contributed by atoms with Crippen molar-refractivity contribution >= 4 is 28.3 Å². The van der Waals surface area contributed by atoms with Gasteiger partial charge in [0.05, 0.1) is 0 Å². The number of fused-ring (bicyclic) bond motifs is 1. The van der Waals surface area contributed by atoms with Gasteiger partial charge in [-0.05, 0) is 56.2 Å². The second-order valence-electron chi connectivity index (χ2n) is 7.42. The first-order chi connectivity index (χ1) is 14.4. The summed E-state index contributed by atoms with van der Waals surface area (Å²) in [5.41, 5.74) is 2.37. The van der Waals surface area contributed by atoms with E-state index in [2.05, 4.69) is 10.6 Å². The van der Waals surface area contributed by atoms with Gasteiger partial charge in [0.15, 0.2) is 6.61 Å². The molecule has 3 aromatic carbocycles. The number of nitrogens with one attached hydrogen (secondary N) is 2. The van der Waals surface area contributed by atoms with Crippen molar-refractivity contribution in [3.63, 3.8) is 0 Å². The largest absolute Gasteiger partial charge is 0.483 e. The number of likely N-dealkylation sites (N-methyl/N-ethyl adjacent to an activating group) is 1. The molecule has 0 fully saturated rings. The van der Waals surface area contributed by atoms with Crippen LogP contribution in [-0.2, 0) is 4.79 Å². The minimum Gasteiger partial charge on any atom is -0.483 e. The summed E-state index contributed by atoms with van der Waals surface area (Å²) in [6, 6.07) is 18.7. The van der Waals surface area contributed by atoms with Gasteiger partial charge >= 0.3 is 0 Å². The molecule has 3 rings (SSSR count). The van der Waals surface area contributed by atoms with Gasteiger partial charge in [-0.1, -0.05) is 36.4 Å². The van der Waals surface area contributed by atoms with Crippen LogP contribution < -0.4 is 15.4 Å². The third-order valence-corrected chi connectivity index (χ3v) is 4.64. The molecule has 0 aliphatic carbocycles. The van der Waals surface area contributed by atoms with E-state index in [0.29, 0.717) is 17.9 Å². The summed E-state index contributed by atoms with van der Waals surface area (Å²) in [5, 5.41) is 7.33. The summed E-state index contributed by atoms with van der Waals surface area (Å²) in [7, 11) is 3.90. The average molecular weight is 405 g/mol. The molecule has 6 heteroatoms. The molecule has 0 saturated heterocycles. The zero-order valence-electron chi connectivity index (χ0n) is 17.6. The third-order valence-electron chi connectivity index (χ3n) is 4.64. The molecule has 3 aromatic rings. The molecule has 0 aliphatic heterocycles. The van der Waals surface area contributed by atoms with E-state index in [0.717, 1.165) is 28.6 Å². The fourth-order valence-corrected chi connectivity index (χ4v) is 3.13. The Labute approximate surface area is 176 Å². The molecular formula is C24H27N3O3. The highest BCUT2D eigenvalue weighted by atomic mass is 16.5. The fourth-order valence-electron chi connectivity index (χ4n) is 3.13. The Hall–Kier alpha value is -3.38. The van der Waals surface area contributed by atoms with Gasteiger partial charge in [-0.3, -0.25) is 9.59 Å². The number of rotatable bonds is 8. The number of carbonyl (C=O) groups excluding carboxylic acids is 2. The summed E-state index contributed by atoms with van der Waals surface area (Å²) in [6.45, 7) is 3.23. The minimum absolute atomic E-state index is 0.0771. The van der Waals surface area contributed by atoms with E-state index < -0.39 is 0 Å². The topological polar surface area (TPSA) is 70.7 Å². The van der Waals surface area contributed by atoms with Crippen LogP contribution in [0.4, 0.5) is 5.69 Å². The average Bonchev–Trinajstić information content (AvgIpc) is 2.71. The Morgan fingerprint density at radius 2 is 1.73 bits per heavy atom. The van der Waals surface area contributed by atoms with Crippen LogP contribution in [-0.4, -0.2) is 50.5 Å². The van der Waals surface area contributed by atoms with Crippen LogP contribution in [0.3, 0.4) is 0 Å². The first-order valence-corrected chi connectivity index (χ1v) is 9.88. The smallest absolute Gasteiger partial charge is 0.257 e. The van der Waals surface area contributed by atoms with Crippen molar-refractivity contribution in [3.8, 4) is 5.75 Å². The number of benzene rings is 3. The van der Waals surface area contributed by atoms with E-state index in [4.69, 9.17) is 4.74 Å². The van der Waals surface area contributed by atoms with Crippen molar-refractivity contribution in [2.45, 2.75) is 6.92 Å². The number of aryl methyl sites for hydroxylation is 1. The Morgan fingerprint density at radius 1 is 0.967 bits per heavy atom. The molecule has 0 bridgehead atoms. The predicted molar refractivity (Wildman–Crippen MR) is 120 cm³/mol. The van der Waals surface area contributed by atoms with E-state index >= 15 is 0 Å². The maximum Gasteiger partial charge on any atom is 0.257 e. The normalized spacial score (nSPS) is 10.8. The molecule has 30 heavy (non-hydrogen) atoms. The predicted octanol–water partition coefficient (Wildman–Crippen LogP) is 3.46. The van der Waals surface area contributed by atoms with Gasteiger partial charge in [-0.15, -0.1) is 0 Å². The summed E-state index contributed by atoms with van der Waals surface area (Å²) in [5.74, 6) is 0.201. The summed E-state index contributed by atoms with van der Waals surface area (Å²) < 4.78 is 5.75. The van der Waals surface area contributed by atoms with E-state index in [1.807, 2.05) is 74.4 Å². The molecule has 2 N–H and O–H groups in total. The Bertz CT molecular complexity index is 1050. The molecule has 0 unspecified atom stereocenters. The van der Waals surface area contributed by atoms with Crippen molar-refractivity contribution in [2.24, 2.45) is 0 Å². The van der Waals surface area contributed by atoms with Gasteiger partial charge in [0, 0.05) is 29.7 Å². The van der Waals surface area contributed by atoms with Gasteiger partial charge in [0.25, 0.3) is 11.8 Å². The number of hydrogen-bond acceptors (Lipinski definition) is 4. The standard InChI is InChI=1S/C24H27N3O3/c1-17-7-6-8-18(15-17)26-24(29)21-11-12-22(20-10-5-4-9-19(20)21)30-16-23(28)25-13-14-27(2)3/h4-12,15H,13-14,16H2,1-3H3,(H,25,28)(H,26,29). The number of anilines is 1. The summed E-state index contributed by atoms with van der Waals surface area (Å²) in [6.07, 6.45) is 0. The summed E-state index contributed by atoms with van der Waals surface area (Å²) in [4.78, 5) is 26.9. The second-order valence-corrected chi connectivity index (χ2v) is 7.42. The number of nitrogens with zero attached hydrogens (tertiary/aromatic N) is 1. The molecule has 0 saturated carbocycles. The third kappa shape index (κ3) is 5.58. The minimum atomic E-state index is -0.190. The number of hydrogen-bond donors (Lipinski definition) is 2. The van der Waals surface area contributed by atoms with Crippen LogP contribution in [0.5, 0.6) is 5.75 Å². The lowest BCUT2D eigenvalue weighted by atomic mass is 10.0. The molecule has 2 amide bonds. The maximum absolute atomic E-state index is 12.9. The van der Waals surface area contributed by atoms with Gasteiger partial charge in [-0.2, -0.15) is 0 Å². The molecule has 0 heterocycles. The SMILES string of the molecule is Cc1cccc(NC(=O)c2ccc(OCC(=O)NCCN(C)C)c3ccccc23)c1. The monoisotopic (exact) mass is 405 g/mol. The number of carbonyl (C=O) groups is 2. The number of ether oxygens (including phenoxy) is 1. The molecule has 0 atom stereocenters. The van der Waals surface area contributed by atoms with Crippen molar-refractivity contribution in [1.29, 1.82) is 0 Å². The number of amides is 2. The molecule has 0 aromatic heterocycles. The van der Waals surface area contributed by atoms with E-state index in [-0.39, 0.29) is 18.4 Å². The molecule has 156 valence electrons. The zero-order valence-corrected chi connectivity index (χ0v) is 17.6. The van der Waals surface area contributed by atoms with Crippen LogP contribution in [0.15, 0.2) is 60.7 Å². The lowest BCUT2D eigenvalue weighted by Gasteiger charge is -2.14. The van der Waals surface area contributed by atoms with Gasteiger partial charge in [0.2, 0.25) is 0 Å². The highest BCUT2D eigenvalue weighted by Crippen LogP contribution is 2.29. The van der Waals surface area contributed by atoms with Crippen molar-refractivity contribution < 1.29 is 14.3 Å². The fraction of sp³-hybridized carbons (Fsp3) is 0.250. The molecule has 0 radical (unpaired) electrons. The quantitative estimate of drug-likeness (QED) is 0.602. The first-order valence-electron chi connectivity index (χ1n) is 9.88. The van der Waals surface area contributed by atoms with Crippen LogP contribution >= 0.6 is 0 Å². The van der Waals surface area contributed by atoms with Crippen molar-refractivity contribution in [2.75, 3.05) is 39.1 Å². The Balaban J connectivity index is 1.74. The van der Waals surface area contributed by atoms with Crippen LogP contribution in [0.25, 0.3) is 10.8 Å². The van der Waals surface area contributed by atoms with Crippen LogP contribution in [0.2, 0.25) is 0 Å². The van der Waals surface area contributed by atoms with E-state index in [9.17, 15) is 9.59 Å². The van der Waals surface area contributed by atoms with Crippen molar-refractivity contribution in [3.05, 3.63) is 71.8 Å². The first kappa shape index (κ1) is 21.3. The van der Waals surface area contributed by atoms with Gasteiger partial charge < -0.3 is 20.3 Å². The highest BCUT2D eigenvalue weighted by molar-refractivity contribution is 6.14. The van der Waals surface area contributed by atoms with Crippen molar-refractivity contribution in [1.82, 2.24) is 10.2 Å². The maximum atomic E-state index is 12.9. The zero-order chi connectivity index (χ0) is 21.5. The van der Waals surface area contributed by atoms with Gasteiger partial charge in [0.1, 0.15) is 5.75 Å². The second kappa shape index (κ2) is 9.89. The van der Waals surface area contributed by atoms with E-state index in [1.54, 1.807) is 12.1 Å². The molecule has 6 nitrogen and oxygen atoms in total. The molecular weight excluding hydrogens is 378 g/mol. The van der Waals surface area contributed by atoms with Gasteiger partial charge in [-0.25, -0.2) is 0 Å². The van der Waals surface area contributed by atoms with Crippen LogP contribution in [0, 0.1) is 6.92 Å². The Kier molecular flexibility index (Phi) is 7.03. The summed E-state index contributed by atoms with van der Waals surface area (Å²) >= 11 is 0. The van der Waals surface area contributed by atoms with Crippen LogP contribution in [0.1, 0.15) is 15.9 Å².